The van der Waals surface area contributed by atoms with Gasteiger partial charge in [0.2, 0.25) is 5.91 Å². The van der Waals surface area contributed by atoms with E-state index in [9.17, 15) is 4.79 Å². The zero-order valence-electron chi connectivity index (χ0n) is 12.9. The van der Waals surface area contributed by atoms with Gasteiger partial charge in [-0.3, -0.25) is 4.79 Å². The number of carbonyl (C=O) groups is 1. The highest BCUT2D eigenvalue weighted by Gasteiger charge is 2.21. The normalized spacial score (nSPS) is 16.7. The van der Waals surface area contributed by atoms with E-state index in [0.717, 1.165) is 36.5 Å². The van der Waals surface area contributed by atoms with Gasteiger partial charge in [-0.2, -0.15) is 0 Å². The largest absolute Gasteiger partial charge is 0.497 e. The minimum Gasteiger partial charge on any atom is -0.497 e. The van der Waals surface area contributed by atoms with Crippen LogP contribution in [0.2, 0.25) is 0 Å². The highest BCUT2D eigenvalue weighted by Crippen LogP contribution is 2.14. The highest BCUT2D eigenvalue weighted by atomic mass is 35.5. The van der Waals surface area contributed by atoms with Crippen molar-refractivity contribution in [3.63, 3.8) is 0 Å². The molecule has 1 fully saturated rings. The average Bonchev–Trinajstić information content (AvgIpc) is 3.24. The summed E-state index contributed by atoms with van der Waals surface area (Å²) in [7, 11) is 1.63. The van der Waals surface area contributed by atoms with E-state index >= 15 is 0 Å². The van der Waals surface area contributed by atoms with E-state index in [-0.39, 0.29) is 24.4 Å². The number of benzene rings is 1. The third-order valence-corrected chi connectivity index (χ3v) is 3.70. The Morgan fingerprint density at radius 3 is 2.87 bits per heavy atom. The fourth-order valence-corrected chi connectivity index (χ4v) is 2.45. The molecule has 1 unspecified atom stereocenters. The number of aromatic nitrogens is 3. The molecular formula is C15H20ClN5O2. The fourth-order valence-electron chi connectivity index (χ4n) is 2.45. The lowest BCUT2D eigenvalue weighted by Crippen LogP contribution is -2.40. The van der Waals surface area contributed by atoms with E-state index in [2.05, 4.69) is 20.9 Å². The molecule has 1 aliphatic heterocycles. The van der Waals surface area contributed by atoms with Gasteiger partial charge in [0.25, 0.3) is 0 Å². The quantitative estimate of drug-likeness (QED) is 0.853. The summed E-state index contributed by atoms with van der Waals surface area (Å²) in [5, 5.41) is 14.2. The van der Waals surface area contributed by atoms with Crippen LogP contribution in [0.1, 0.15) is 18.5 Å². The molecule has 7 nitrogen and oxygen atoms in total. The Morgan fingerprint density at radius 2 is 2.22 bits per heavy atom. The van der Waals surface area contributed by atoms with Crippen LogP contribution in [0.5, 0.6) is 5.75 Å². The third-order valence-electron chi connectivity index (χ3n) is 3.70. The number of amides is 1. The minimum atomic E-state index is -0.0726. The van der Waals surface area contributed by atoms with Gasteiger partial charge in [0.15, 0.2) is 0 Å². The molecule has 1 saturated heterocycles. The Labute approximate surface area is 140 Å². The number of methoxy groups -OCH3 is 1. The first-order valence-corrected chi connectivity index (χ1v) is 7.33. The van der Waals surface area contributed by atoms with Gasteiger partial charge in [-0.15, -0.1) is 17.5 Å². The number of nitrogens with one attached hydrogen (secondary N) is 2. The molecular weight excluding hydrogens is 318 g/mol. The van der Waals surface area contributed by atoms with E-state index < -0.39 is 0 Å². The average molecular weight is 338 g/mol. The van der Waals surface area contributed by atoms with E-state index in [4.69, 9.17) is 4.74 Å². The van der Waals surface area contributed by atoms with Gasteiger partial charge in [-0.05, 0) is 43.7 Å². The molecule has 2 aromatic rings. The topological polar surface area (TPSA) is 81.1 Å². The number of hydrogen-bond donors (Lipinski definition) is 2. The molecule has 0 saturated carbocycles. The summed E-state index contributed by atoms with van der Waals surface area (Å²) in [6.07, 6.45) is 3.75. The lowest BCUT2D eigenvalue weighted by Gasteiger charge is -2.09. The summed E-state index contributed by atoms with van der Waals surface area (Å²) in [6, 6.07) is 7.46. The number of carbonyl (C=O) groups excluding carboxylic acids is 1. The Balaban J connectivity index is 0.00000192. The molecule has 3 rings (SSSR count). The van der Waals surface area contributed by atoms with E-state index in [1.54, 1.807) is 11.8 Å². The monoisotopic (exact) mass is 337 g/mol. The van der Waals surface area contributed by atoms with Crippen LogP contribution in [0.4, 0.5) is 0 Å². The molecule has 1 amide bonds. The number of halogens is 1. The molecule has 1 atom stereocenters. The van der Waals surface area contributed by atoms with Gasteiger partial charge in [0, 0.05) is 0 Å². The summed E-state index contributed by atoms with van der Waals surface area (Å²) < 4.78 is 6.80. The second-order valence-electron chi connectivity index (χ2n) is 5.22. The third kappa shape index (κ3) is 4.20. The van der Waals surface area contributed by atoms with E-state index in [0.29, 0.717) is 6.54 Å². The summed E-state index contributed by atoms with van der Waals surface area (Å²) in [5.74, 6) is 0.817. The highest BCUT2D eigenvalue weighted by molar-refractivity contribution is 5.85. The van der Waals surface area contributed by atoms with Gasteiger partial charge in [0.05, 0.1) is 31.6 Å². The second-order valence-corrected chi connectivity index (χ2v) is 5.22. The maximum atomic E-state index is 11.9. The maximum absolute atomic E-state index is 11.9. The Morgan fingerprint density at radius 1 is 1.43 bits per heavy atom. The second kappa shape index (κ2) is 7.94. The maximum Gasteiger partial charge on any atom is 0.237 e. The molecule has 0 radical (unpaired) electrons. The minimum absolute atomic E-state index is 0. The van der Waals surface area contributed by atoms with Crippen LogP contribution in [-0.2, 0) is 11.3 Å². The Kier molecular flexibility index (Phi) is 5.95. The lowest BCUT2D eigenvalue weighted by molar-refractivity contribution is -0.122. The standard InChI is InChI=1S/C15H19N5O2.ClH/c1-22-13-6-4-12(5-7-13)20-10-11(18-19-20)9-17-15(21)14-3-2-8-16-14;/h4-7,10,14,16H,2-3,8-9H2,1H3,(H,17,21);1H. The summed E-state index contributed by atoms with van der Waals surface area (Å²) in [5.41, 5.74) is 1.62. The van der Waals surface area contributed by atoms with Crippen LogP contribution >= 0.6 is 12.4 Å². The van der Waals surface area contributed by atoms with Gasteiger partial charge in [-0.25, -0.2) is 4.68 Å². The molecule has 1 aromatic heterocycles. The van der Waals surface area contributed by atoms with Crippen molar-refractivity contribution in [2.75, 3.05) is 13.7 Å². The molecule has 0 aliphatic carbocycles. The first-order chi connectivity index (χ1) is 10.8. The number of rotatable bonds is 5. The zero-order chi connectivity index (χ0) is 15.4. The van der Waals surface area contributed by atoms with Crippen LogP contribution in [0, 0.1) is 0 Å². The zero-order valence-corrected chi connectivity index (χ0v) is 13.7. The Bertz CT molecular complexity index is 638. The molecule has 2 heterocycles. The van der Waals surface area contributed by atoms with Crippen molar-refractivity contribution in [2.45, 2.75) is 25.4 Å². The molecule has 1 aliphatic rings. The van der Waals surface area contributed by atoms with E-state index in [1.807, 2.05) is 30.5 Å². The molecule has 2 N–H and O–H groups in total. The van der Waals surface area contributed by atoms with Crippen LogP contribution < -0.4 is 15.4 Å². The molecule has 124 valence electrons. The fraction of sp³-hybridized carbons (Fsp3) is 0.400. The lowest BCUT2D eigenvalue weighted by atomic mass is 10.2. The summed E-state index contributed by atoms with van der Waals surface area (Å²) in [6.45, 7) is 1.29. The predicted molar refractivity (Wildman–Crippen MR) is 88.0 cm³/mol. The molecule has 1 aromatic carbocycles. The van der Waals surface area contributed by atoms with Crippen molar-refractivity contribution in [3.05, 3.63) is 36.2 Å². The van der Waals surface area contributed by atoms with Crippen LogP contribution in [-0.4, -0.2) is 40.6 Å². The number of nitrogens with zero attached hydrogens (tertiary/aromatic N) is 3. The predicted octanol–water partition coefficient (Wildman–Crippen LogP) is 1.07. The van der Waals surface area contributed by atoms with Gasteiger partial charge < -0.3 is 15.4 Å². The molecule has 0 spiro atoms. The van der Waals surface area contributed by atoms with Crippen molar-refractivity contribution in [2.24, 2.45) is 0 Å². The van der Waals surface area contributed by atoms with E-state index in [1.165, 1.54) is 0 Å². The van der Waals surface area contributed by atoms with Crippen LogP contribution in [0.15, 0.2) is 30.5 Å². The summed E-state index contributed by atoms with van der Waals surface area (Å²) >= 11 is 0. The van der Waals surface area contributed by atoms with Crippen LogP contribution in [0.25, 0.3) is 5.69 Å². The molecule has 23 heavy (non-hydrogen) atoms. The first-order valence-electron chi connectivity index (χ1n) is 7.33. The first kappa shape index (κ1) is 17.2. The van der Waals surface area contributed by atoms with Crippen molar-refractivity contribution in [1.82, 2.24) is 25.6 Å². The molecule has 8 heteroatoms. The number of hydrogen-bond acceptors (Lipinski definition) is 5. The van der Waals surface area contributed by atoms with Crippen molar-refractivity contribution < 1.29 is 9.53 Å². The summed E-state index contributed by atoms with van der Waals surface area (Å²) in [4.78, 5) is 11.9. The van der Waals surface area contributed by atoms with Gasteiger partial charge in [0.1, 0.15) is 11.4 Å². The Hall–Kier alpha value is -2.12. The van der Waals surface area contributed by atoms with Gasteiger partial charge in [-0.1, -0.05) is 5.21 Å². The van der Waals surface area contributed by atoms with Crippen molar-refractivity contribution in [3.8, 4) is 11.4 Å². The van der Waals surface area contributed by atoms with Crippen LogP contribution in [0.3, 0.4) is 0 Å². The molecule has 0 bridgehead atoms. The van der Waals surface area contributed by atoms with Crippen molar-refractivity contribution >= 4 is 18.3 Å². The SMILES string of the molecule is COc1ccc(-n2cc(CNC(=O)C3CCCN3)nn2)cc1.Cl. The smallest absolute Gasteiger partial charge is 0.237 e. The van der Waals surface area contributed by atoms with Gasteiger partial charge >= 0.3 is 0 Å². The number of ether oxygens (including phenoxy) is 1. The van der Waals surface area contributed by atoms with Crippen molar-refractivity contribution in [1.29, 1.82) is 0 Å².